The molecule has 0 rings (SSSR count). The zero-order valence-corrected chi connectivity index (χ0v) is 9.15. The zero-order chi connectivity index (χ0) is 7.28. The van der Waals surface area contributed by atoms with Gasteiger partial charge in [0.1, 0.15) is 6.04 Å². The monoisotopic (exact) mass is 172 g/mol. The number of rotatable bonds is 4. The topological polar surface area (TPSA) is 63.3 Å². The predicted molar refractivity (Wildman–Crippen MR) is 44.4 cm³/mol. The average Bonchev–Trinajstić information content (AvgIpc) is 1.82. The van der Waals surface area contributed by atoms with E-state index in [1.165, 1.54) is 0 Å². The van der Waals surface area contributed by atoms with Crippen molar-refractivity contribution in [2.75, 3.05) is 12.0 Å². The molecule has 0 spiro atoms. The van der Waals surface area contributed by atoms with Crippen LogP contribution in [0.15, 0.2) is 0 Å². The number of hydrogen-bond donors (Lipinski definition) is 2. The fourth-order valence-corrected chi connectivity index (χ4v) is 0.858. The summed E-state index contributed by atoms with van der Waals surface area (Å²) in [4.78, 5) is 10.1. The van der Waals surface area contributed by atoms with Crippen LogP contribution >= 0.6 is 11.8 Å². The minimum absolute atomic E-state index is 0. The maximum atomic E-state index is 10.1. The molecule has 0 heterocycles. The number of carboxylic acids is 1. The Morgan fingerprint density at radius 1 is 1.80 bits per heavy atom. The van der Waals surface area contributed by atoms with Crippen LogP contribution in [0, 0.1) is 0 Å². The molecule has 0 saturated carbocycles. The zero-order valence-electron chi connectivity index (χ0n) is 6.33. The van der Waals surface area contributed by atoms with E-state index in [9.17, 15) is 4.79 Å². The molecule has 0 fully saturated rings. The third-order valence-corrected chi connectivity index (χ3v) is 1.59. The summed E-state index contributed by atoms with van der Waals surface area (Å²) in [5.74, 6) is -0.1000. The van der Waals surface area contributed by atoms with Crippen molar-refractivity contribution in [1.29, 1.82) is 0 Å². The molecule has 0 aliphatic carbocycles. The largest absolute Gasteiger partial charge is 0.480 e. The summed E-state index contributed by atoms with van der Waals surface area (Å²) in [5, 5.41) is 8.27. The Balaban J connectivity index is 0. The summed E-state index contributed by atoms with van der Waals surface area (Å²) in [6.45, 7) is 0. The van der Waals surface area contributed by atoms with Gasteiger partial charge in [0.15, 0.2) is 0 Å². The second-order valence-corrected chi connectivity index (χ2v) is 2.71. The number of carboxylic acid groups (broad SMARTS) is 1. The maximum Gasteiger partial charge on any atom is 0.320 e. The molecular formula is C5H11NNaO2S. The van der Waals surface area contributed by atoms with Crippen LogP contribution < -0.4 is 5.73 Å². The van der Waals surface area contributed by atoms with E-state index in [-0.39, 0.29) is 29.6 Å². The van der Waals surface area contributed by atoms with E-state index in [1.807, 2.05) is 6.26 Å². The maximum absolute atomic E-state index is 10.1. The quantitative estimate of drug-likeness (QED) is 0.575. The van der Waals surface area contributed by atoms with E-state index >= 15 is 0 Å². The Labute approximate surface area is 87.0 Å². The van der Waals surface area contributed by atoms with E-state index in [2.05, 4.69) is 0 Å². The molecule has 5 heteroatoms. The van der Waals surface area contributed by atoms with E-state index < -0.39 is 12.0 Å². The molecule has 3 N–H and O–H groups in total. The molecule has 10 heavy (non-hydrogen) atoms. The number of aliphatic carboxylic acids is 1. The van der Waals surface area contributed by atoms with Gasteiger partial charge in [0.05, 0.1) is 0 Å². The molecule has 3 nitrogen and oxygen atoms in total. The first kappa shape index (κ1) is 13.4. The normalized spacial score (nSPS) is 11.8. The van der Waals surface area contributed by atoms with Gasteiger partial charge in [0.2, 0.25) is 0 Å². The van der Waals surface area contributed by atoms with Gasteiger partial charge in [-0.3, -0.25) is 4.79 Å². The van der Waals surface area contributed by atoms with Crippen LogP contribution in [0.25, 0.3) is 0 Å². The fraction of sp³-hybridized carbons (Fsp3) is 0.800. The molecule has 1 radical (unpaired) electrons. The molecule has 0 aromatic heterocycles. The van der Waals surface area contributed by atoms with Crippen LogP contribution in [0.1, 0.15) is 6.42 Å². The van der Waals surface area contributed by atoms with Crippen molar-refractivity contribution in [3.8, 4) is 0 Å². The van der Waals surface area contributed by atoms with Gasteiger partial charge in [-0.15, -0.1) is 0 Å². The first-order valence-corrected chi connectivity index (χ1v) is 4.05. The Morgan fingerprint density at radius 3 is 2.60 bits per heavy atom. The molecule has 0 bridgehead atoms. The minimum Gasteiger partial charge on any atom is -0.480 e. The van der Waals surface area contributed by atoms with E-state index in [1.54, 1.807) is 11.8 Å². The van der Waals surface area contributed by atoms with Gasteiger partial charge < -0.3 is 10.8 Å². The van der Waals surface area contributed by atoms with Gasteiger partial charge in [0, 0.05) is 29.6 Å². The van der Waals surface area contributed by atoms with Crippen LogP contribution in [0.3, 0.4) is 0 Å². The van der Waals surface area contributed by atoms with E-state index in [4.69, 9.17) is 10.8 Å². The first-order chi connectivity index (χ1) is 4.18. The predicted octanol–water partition coefficient (Wildman–Crippen LogP) is -0.229. The molecule has 0 aliphatic rings. The fourth-order valence-electron chi connectivity index (χ4n) is 0.368. The number of nitrogens with two attached hydrogens (primary N) is 1. The molecule has 0 saturated heterocycles. The molecule has 0 aliphatic heterocycles. The van der Waals surface area contributed by atoms with E-state index in [0.29, 0.717) is 6.42 Å². The van der Waals surface area contributed by atoms with Crippen molar-refractivity contribution < 1.29 is 9.90 Å². The van der Waals surface area contributed by atoms with E-state index in [0.717, 1.165) is 5.75 Å². The summed E-state index contributed by atoms with van der Waals surface area (Å²) in [5.41, 5.74) is 5.19. The van der Waals surface area contributed by atoms with Crippen molar-refractivity contribution in [2.45, 2.75) is 12.5 Å². The van der Waals surface area contributed by atoms with Crippen LogP contribution in [0.2, 0.25) is 0 Å². The third kappa shape index (κ3) is 6.89. The van der Waals surface area contributed by atoms with Crippen LogP contribution in [0.5, 0.6) is 0 Å². The van der Waals surface area contributed by atoms with Crippen molar-refractivity contribution in [1.82, 2.24) is 0 Å². The summed E-state index contributed by atoms with van der Waals surface area (Å²) in [6.07, 6.45) is 2.48. The molecule has 0 amide bonds. The number of thioether (sulfide) groups is 1. The second kappa shape index (κ2) is 7.88. The van der Waals surface area contributed by atoms with Gasteiger partial charge in [-0.1, -0.05) is 0 Å². The van der Waals surface area contributed by atoms with Gasteiger partial charge in [-0.05, 0) is 18.4 Å². The average molecular weight is 172 g/mol. The van der Waals surface area contributed by atoms with Crippen LogP contribution in [-0.4, -0.2) is 58.7 Å². The summed E-state index contributed by atoms with van der Waals surface area (Å²) < 4.78 is 0. The smallest absolute Gasteiger partial charge is 0.320 e. The number of hydrogen-bond acceptors (Lipinski definition) is 3. The third-order valence-electron chi connectivity index (χ3n) is 0.950. The number of carbonyl (C=O) groups is 1. The Bertz CT molecular complexity index is 102. The van der Waals surface area contributed by atoms with Gasteiger partial charge in [0.25, 0.3) is 0 Å². The Hall–Kier alpha value is 0.780. The van der Waals surface area contributed by atoms with Gasteiger partial charge in [-0.25, -0.2) is 0 Å². The Morgan fingerprint density at radius 2 is 2.30 bits per heavy atom. The van der Waals surface area contributed by atoms with Crippen molar-refractivity contribution in [3.63, 3.8) is 0 Å². The standard InChI is InChI=1S/C5H11NO2S.Na/c1-9-3-2-4(6)5(7)8;/h4H,2-3,6H2,1H3,(H,7,8);/t4-;/m1./s1. The summed E-state index contributed by atoms with van der Waals surface area (Å²) >= 11 is 1.60. The van der Waals surface area contributed by atoms with Crippen molar-refractivity contribution in [3.05, 3.63) is 0 Å². The molecular weight excluding hydrogens is 161 g/mol. The first-order valence-electron chi connectivity index (χ1n) is 2.65. The SMILES string of the molecule is CSCC[C@@H](N)C(=O)O.[Na]. The van der Waals surface area contributed by atoms with Crippen LogP contribution in [-0.2, 0) is 4.79 Å². The molecule has 1 atom stereocenters. The molecule has 0 aromatic carbocycles. The summed E-state index contributed by atoms with van der Waals surface area (Å²) in [7, 11) is 0. The summed E-state index contributed by atoms with van der Waals surface area (Å²) in [6, 6.07) is -0.683. The van der Waals surface area contributed by atoms with Gasteiger partial charge >= 0.3 is 5.97 Å². The minimum atomic E-state index is -0.913. The van der Waals surface area contributed by atoms with Crippen molar-refractivity contribution in [2.24, 2.45) is 5.73 Å². The molecule has 0 unspecified atom stereocenters. The Kier molecular flexibility index (Phi) is 10.5. The molecule has 0 aromatic rings. The van der Waals surface area contributed by atoms with Crippen LogP contribution in [0.4, 0.5) is 0 Å². The molecule has 55 valence electrons. The van der Waals surface area contributed by atoms with Gasteiger partial charge in [-0.2, -0.15) is 11.8 Å². The van der Waals surface area contributed by atoms with Crippen molar-refractivity contribution >= 4 is 47.3 Å². The second-order valence-electron chi connectivity index (χ2n) is 1.73.